The van der Waals surface area contributed by atoms with Crippen molar-refractivity contribution in [2.24, 2.45) is 0 Å². The molecule has 0 saturated heterocycles. The Bertz CT molecular complexity index is 816. The number of aromatic nitrogens is 1. The molecule has 2 rings (SSSR count). The summed E-state index contributed by atoms with van der Waals surface area (Å²) < 4.78 is 26.2. The van der Waals surface area contributed by atoms with Gasteiger partial charge in [0, 0.05) is 12.3 Å². The van der Waals surface area contributed by atoms with Crippen molar-refractivity contribution in [2.45, 2.75) is 5.75 Å². The summed E-state index contributed by atoms with van der Waals surface area (Å²) in [5.74, 6) is -0.903. The first-order valence-corrected chi connectivity index (χ1v) is 7.77. The van der Waals surface area contributed by atoms with Crippen LogP contribution in [0.1, 0.15) is 11.1 Å². The predicted octanol–water partition coefficient (Wildman–Crippen LogP) is 2.25. The van der Waals surface area contributed by atoms with E-state index >= 15 is 0 Å². The topological polar surface area (TPSA) is 103 Å². The van der Waals surface area contributed by atoms with Crippen molar-refractivity contribution in [1.29, 1.82) is 5.26 Å². The minimum atomic E-state index is -3.77. The second-order valence-corrected chi connectivity index (χ2v) is 6.35. The number of hydrogen-bond donors (Lipinski definition) is 2. The molecule has 0 saturated carbocycles. The second-order valence-electron chi connectivity index (χ2n) is 4.19. The Kier molecular flexibility index (Phi) is 4.31. The fourth-order valence-corrected chi connectivity index (χ4v) is 2.94. The molecule has 0 atom stereocenters. The molecule has 0 spiro atoms. The van der Waals surface area contributed by atoms with E-state index in [1.165, 1.54) is 18.3 Å². The van der Waals surface area contributed by atoms with E-state index in [0.717, 1.165) is 0 Å². The van der Waals surface area contributed by atoms with Crippen molar-refractivity contribution in [2.75, 3.05) is 4.72 Å². The first kappa shape index (κ1) is 15.1. The molecule has 2 aromatic rings. The molecule has 0 aliphatic carbocycles. The van der Waals surface area contributed by atoms with Gasteiger partial charge in [0.05, 0.1) is 22.4 Å². The summed E-state index contributed by atoms with van der Waals surface area (Å²) in [6, 6.07) is 9.37. The molecule has 0 unspecified atom stereocenters. The monoisotopic (exact) mass is 323 g/mol. The molecule has 21 heavy (non-hydrogen) atoms. The number of nitrogens with zero attached hydrogens (tertiary/aromatic N) is 2. The number of benzene rings is 1. The maximum atomic E-state index is 12.0. The van der Waals surface area contributed by atoms with Crippen LogP contribution in [0.5, 0.6) is 5.75 Å². The minimum absolute atomic E-state index is 0.192. The van der Waals surface area contributed by atoms with E-state index in [0.29, 0.717) is 11.1 Å². The molecule has 6 nitrogen and oxygen atoms in total. The van der Waals surface area contributed by atoms with Gasteiger partial charge in [0.2, 0.25) is 10.0 Å². The van der Waals surface area contributed by atoms with E-state index in [4.69, 9.17) is 16.9 Å². The van der Waals surface area contributed by atoms with Crippen molar-refractivity contribution in [3.8, 4) is 11.8 Å². The van der Waals surface area contributed by atoms with Gasteiger partial charge in [-0.15, -0.1) is 0 Å². The van der Waals surface area contributed by atoms with Crippen LogP contribution in [0.25, 0.3) is 0 Å². The van der Waals surface area contributed by atoms with Crippen molar-refractivity contribution in [1.82, 2.24) is 4.98 Å². The Labute approximate surface area is 126 Å². The molecular formula is C13H10ClN3O3S. The number of hydrogen-bond acceptors (Lipinski definition) is 5. The van der Waals surface area contributed by atoms with Gasteiger partial charge in [-0.1, -0.05) is 23.7 Å². The van der Waals surface area contributed by atoms with E-state index in [-0.39, 0.29) is 22.3 Å². The van der Waals surface area contributed by atoms with Crippen molar-refractivity contribution >= 4 is 27.4 Å². The molecule has 0 aliphatic heterocycles. The highest BCUT2D eigenvalue weighted by Gasteiger charge is 2.15. The molecule has 1 aromatic carbocycles. The standard InChI is InChI=1S/C13H10ClN3O3S/c14-11-5-12(18)13(16-7-11)17-21(19,20)8-10-3-1-2-9(4-10)6-15/h1-5,7,18H,8H2,(H,16,17). The van der Waals surface area contributed by atoms with Crippen LogP contribution in [-0.2, 0) is 15.8 Å². The number of anilines is 1. The van der Waals surface area contributed by atoms with Crippen LogP contribution in [0.15, 0.2) is 36.5 Å². The molecule has 0 bridgehead atoms. The van der Waals surface area contributed by atoms with Crippen molar-refractivity contribution < 1.29 is 13.5 Å². The predicted molar refractivity (Wildman–Crippen MR) is 78.3 cm³/mol. The third kappa shape index (κ3) is 4.08. The average molecular weight is 324 g/mol. The Morgan fingerprint density at radius 1 is 1.38 bits per heavy atom. The quantitative estimate of drug-likeness (QED) is 0.898. The largest absolute Gasteiger partial charge is 0.504 e. The molecule has 1 heterocycles. The van der Waals surface area contributed by atoms with E-state index < -0.39 is 10.0 Å². The van der Waals surface area contributed by atoms with Gasteiger partial charge in [-0.2, -0.15) is 5.26 Å². The van der Waals surface area contributed by atoms with Gasteiger partial charge in [0.15, 0.2) is 11.6 Å². The summed E-state index contributed by atoms with van der Waals surface area (Å²) in [6.07, 6.45) is 1.22. The summed E-state index contributed by atoms with van der Waals surface area (Å²) in [7, 11) is -3.77. The first-order valence-electron chi connectivity index (χ1n) is 5.74. The van der Waals surface area contributed by atoms with E-state index in [9.17, 15) is 13.5 Å². The van der Waals surface area contributed by atoms with Crippen LogP contribution in [0.2, 0.25) is 5.02 Å². The lowest BCUT2D eigenvalue weighted by atomic mass is 10.2. The van der Waals surface area contributed by atoms with Crippen LogP contribution in [0.4, 0.5) is 5.82 Å². The SMILES string of the molecule is N#Cc1cccc(CS(=O)(=O)Nc2ncc(Cl)cc2O)c1. The van der Waals surface area contributed by atoms with Crippen LogP contribution in [0, 0.1) is 11.3 Å². The zero-order valence-electron chi connectivity index (χ0n) is 10.6. The molecule has 0 radical (unpaired) electrons. The smallest absolute Gasteiger partial charge is 0.238 e. The lowest BCUT2D eigenvalue weighted by Gasteiger charge is -2.09. The second kappa shape index (κ2) is 5.99. The van der Waals surface area contributed by atoms with Gasteiger partial charge in [0.25, 0.3) is 0 Å². The van der Waals surface area contributed by atoms with Crippen LogP contribution < -0.4 is 4.72 Å². The van der Waals surface area contributed by atoms with Crippen molar-refractivity contribution in [3.05, 3.63) is 52.7 Å². The third-order valence-corrected chi connectivity index (χ3v) is 3.92. The molecule has 2 N–H and O–H groups in total. The van der Waals surface area contributed by atoms with Gasteiger partial charge in [-0.05, 0) is 17.7 Å². The molecule has 108 valence electrons. The van der Waals surface area contributed by atoms with Crippen LogP contribution in [-0.4, -0.2) is 18.5 Å². The van der Waals surface area contributed by atoms with Gasteiger partial charge in [-0.25, -0.2) is 13.4 Å². The molecular weight excluding hydrogens is 314 g/mol. The van der Waals surface area contributed by atoms with Gasteiger partial charge in [-0.3, -0.25) is 4.72 Å². The summed E-state index contributed by atoms with van der Waals surface area (Å²) in [6.45, 7) is 0. The highest BCUT2D eigenvalue weighted by molar-refractivity contribution is 7.91. The average Bonchev–Trinajstić information content (AvgIpc) is 2.41. The number of nitriles is 1. The maximum Gasteiger partial charge on any atom is 0.238 e. The van der Waals surface area contributed by atoms with Gasteiger partial charge in [0.1, 0.15) is 0 Å². The Balaban J connectivity index is 2.20. The Hall–Kier alpha value is -2.30. The molecule has 1 aromatic heterocycles. The Morgan fingerprint density at radius 2 is 2.14 bits per heavy atom. The molecule has 0 aliphatic rings. The minimum Gasteiger partial charge on any atom is -0.504 e. The number of halogens is 1. The normalized spacial score (nSPS) is 10.9. The van der Waals surface area contributed by atoms with Gasteiger partial charge >= 0.3 is 0 Å². The third-order valence-electron chi connectivity index (χ3n) is 2.50. The lowest BCUT2D eigenvalue weighted by molar-refractivity contribution is 0.475. The zero-order chi connectivity index (χ0) is 15.5. The maximum absolute atomic E-state index is 12.0. The molecule has 0 amide bonds. The molecule has 8 heteroatoms. The van der Waals surface area contributed by atoms with E-state index in [1.54, 1.807) is 18.2 Å². The number of pyridine rings is 1. The highest BCUT2D eigenvalue weighted by Crippen LogP contribution is 2.25. The number of rotatable bonds is 4. The summed E-state index contributed by atoms with van der Waals surface area (Å²) >= 11 is 5.62. The number of aromatic hydroxyl groups is 1. The molecule has 0 fully saturated rings. The fraction of sp³-hybridized carbons (Fsp3) is 0.0769. The zero-order valence-corrected chi connectivity index (χ0v) is 12.2. The van der Waals surface area contributed by atoms with Gasteiger partial charge < -0.3 is 5.11 Å². The lowest BCUT2D eigenvalue weighted by Crippen LogP contribution is -2.16. The number of sulfonamides is 1. The highest BCUT2D eigenvalue weighted by atomic mass is 35.5. The van der Waals surface area contributed by atoms with E-state index in [1.807, 2.05) is 6.07 Å². The first-order chi connectivity index (χ1) is 9.89. The number of nitrogens with one attached hydrogen (secondary N) is 1. The fourth-order valence-electron chi connectivity index (χ4n) is 1.64. The van der Waals surface area contributed by atoms with E-state index in [2.05, 4.69) is 9.71 Å². The Morgan fingerprint density at radius 3 is 2.81 bits per heavy atom. The van der Waals surface area contributed by atoms with Crippen molar-refractivity contribution in [3.63, 3.8) is 0 Å². The summed E-state index contributed by atoms with van der Waals surface area (Å²) in [4.78, 5) is 3.71. The summed E-state index contributed by atoms with van der Waals surface area (Å²) in [5.41, 5.74) is 0.824. The van der Waals surface area contributed by atoms with Crippen LogP contribution >= 0.6 is 11.6 Å². The van der Waals surface area contributed by atoms with Crippen LogP contribution in [0.3, 0.4) is 0 Å². The summed E-state index contributed by atoms with van der Waals surface area (Å²) in [5, 5.41) is 18.6.